The van der Waals surface area contributed by atoms with Gasteiger partial charge in [0, 0.05) is 11.0 Å². The van der Waals surface area contributed by atoms with Gasteiger partial charge in [0.15, 0.2) is 0 Å². The van der Waals surface area contributed by atoms with Gasteiger partial charge in [-0.3, -0.25) is 4.79 Å². The van der Waals surface area contributed by atoms with Crippen LogP contribution in [0.25, 0.3) is 0 Å². The molecule has 0 saturated heterocycles. The van der Waals surface area contributed by atoms with Crippen LogP contribution in [0.1, 0.15) is 64.7 Å². The Balaban J connectivity index is 1.47. The van der Waals surface area contributed by atoms with Gasteiger partial charge in [-0.1, -0.05) is 37.9 Å². The summed E-state index contributed by atoms with van der Waals surface area (Å²) in [5, 5.41) is 0. The monoisotopic (exact) mass is 414 g/mol. The summed E-state index contributed by atoms with van der Waals surface area (Å²) in [5.74, 6) is -1.46. The van der Waals surface area contributed by atoms with E-state index < -0.39 is 11.6 Å². The van der Waals surface area contributed by atoms with E-state index in [1.165, 1.54) is 44.2 Å². The number of carbonyl (C=O) groups is 1. The minimum absolute atomic E-state index is 0.0844. The van der Waals surface area contributed by atoms with Crippen molar-refractivity contribution in [1.29, 1.82) is 0 Å². The molecule has 1 aromatic carbocycles. The fraction of sp³-hybridized carbons (Fsp3) is 0.682. The van der Waals surface area contributed by atoms with Gasteiger partial charge in [-0.25, -0.2) is 4.39 Å². The highest BCUT2D eigenvalue weighted by molar-refractivity contribution is 7.99. The van der Waals surface area contributed by atoms with Crippen molar-refractivity contribution in [2.24, 2.45) is 23.7 Å². The SMILES string of the molecule is CC[C@H]1CC[C@H]([C@H]2CC[C@H](C(=O)Oc3ccc(SC(F)F)c(F)c3)CC2)CC1. The molecule has 2 aliphatic rings. The van der Waals surface area contributed by atoms with Crippen molar-refractivity contribution < 1.29 is 22.7 Å². The predicted molar refractivity (Wildman–Crippen MR) is 105 cm³/mol. The van der Waals surface area contributed by atoms with E-state index in [9.17, 15) is 18.0 Å². The lowest BCUT2D eigenvalue weighted by atomic mass is 9.69. The number of thioether (sulfide) groups is 1. The lowest BCUT2D eigenvalue weighted by Crippen LogP contribution is -2.30. The van der Waals surface area contributed by atoms with Crippen LogP contribution in [0, 0.1) is 29.5 Å². The molecule has 0 heterocycles. The maximum atomic E-state index is 13.9. The molecule has 2 saturated carbocycles. The molecule has 0 N–H and O–H groups in total. The Bertz CT molecular complexity index is 651. The second-order valence-electron chi connectivity index (χ2n) is 8.19. The smallest absolute Gasteiger partial charge is 0.314 e. The van der Waals surface area contributed by atoms with Crippen molar-refractivity contribution in [1.82, 2.24) is 0 Å². The minimum atomic E-state index is -2.69. The van der Waals surface area contributed by atoms with Gasteiger partial charge >= 0.3 is 5.97 Å². The molecule has 3 rings (SSSR count). The fourth-order valence-corrected chi connectivity index (χ4v) is 5.34. The van der Waals surface area contributed by atoms with Crippen molar-refractivity contribution in [2.75, 3.05) is 0 Å². The van der Waals surface area contributed by atoms with Crippen LogP contribution in [0.4, 0.5) is 13.2 Å². The average Bonchev–Trinajstić information content (AvgIpc) is 2.70. The molecular formula is C22H29F3O2S. The topological polar surface area (TPSA) is 26.3 Å². The molecule has 0 spiro atoms. The number of ether oxygens (including phenoxy) is 1. The quantitative estimate of drug-likeness (QED) is 0.283. The number of alkyl halides is 2. The highest BCUT2D eigenvalue weighted by Gasteiger charge is 2.33. The molecule has 0 atom stereocenters. The molecule has 2 fully saturated rings. The summed E-state index contributed by atoms with van der Waals surface area (Å²) in [6.45, 7) is 2.28. The number of halogens is 3. The molecule has 0 aromatic heterocycles. The Morgan fingerprint density at radius 2 is 1.68 bits per heavy atom. The molecule has 0 amide bonds. The summed E-state index contributed by atoms with van der Waals surface area (Å²) in [7, 11) is 0. The van der Waals surface area contributed by atoms with Crippen LogP contribution in [-0.4, -0.2) is 11.7 Å². The van der Waals surface area contributed by atoms with Gasteiger partial charge in [-0.05, 0) is 68.4 Å². The zero-order valence-corrected chi connectivity index (χ0v) is 17.2. The van der Waals surface area contributed by atoms with Crippen molar-refractivity contribution in [3.63, 3.8) is 0 Å². The summed E-state index contributed by atoms with van der Waals surface area (Å²) in [6, 6.07) is 3.63. The zero-order valence-electron chi connectivity index (χ0n) is 16.3. The van der Waals surface area contributed by atoms with Gasteiger partial charge in [0.25, 0.3) is 5.76 Å². The van der Waals surface area contributed by atoms with Crippen LogP contribution in [0.2, 0.25) is 0 Å². The van der Waals surface area contributed by atoms with Crippen LogP contribution < -0.4 is 4.74 Å². The van der Waals surface area contributed by atoms with Gasteiger partial charge in [-0.2, -0.15) is 8.78 Å². The first kappa shape index (κ1) is 21.5. The normalized spacial score (nSPS) is 28.3. The van der Waals surface area contributed by atoms with Crippen molar-refractivity contribution in [2.45, 2.75) is 75.4 Å². The number of rotatable bonds is 6. The summed E-state index contributed by atoms with van der Waals surface area (Å²) < 4.78 is 43.9. The summed E-state index contributed by atoms with van der Waals surface area (Å²) in [4.78, 5) is 12.3. The van der Waals surface area contributed by atoms with Gasteiger partial charge in [0.1, 0.15) is 11.6 Å². The van der Waals surface area contributed by atoms with Crippen molar-refractivity contribution in [3.05, 3.63) is 24.0 Å². The highest BCUT2D eigenvalue weighted by Crippen LogP contribution is 2.42. The van der Waals surface area contributed by atoms with E-state index in [1.54, 1.807) is 0 Å². The van der Waals surface area contributed by atoms with Crippen molar-refractivity contribution in [3.8, 4) is 5.75 Å². The third-order valence-electron chi connectivity index (χ3n) is 6.58. The van der Waals surface area contributed by atoms with Crippen LogP contribution in [-0.2, 0) is 4.79 Å². The van der Waals surface area contributed by atoms with E-state index in [4.69, 9.17) is 4.74 Å². The lowest BCUT2D eigenvalue weighted by molar-refractivity contribution is -0.140. The zero-order chi connectivity index (χ0) is 20.1. The minimum Gasteiger partial charge on any atom is -0.426 e. The Kier molecular flexibility index (Phi) is 7.72. The highest BCUT2D eigenvalue weighted by atomic mass is 32.2. The molecule has 0 unspecified atom stereocenters. The van der Waals surface area contributed by atoms with E-state index in [2.05, 4.69) is 6.92 Å². The number of esters is 1. The number of benzene rings is 1. The van der Waals surface area contributed by atoms with Crippen LogP contribution in [0.3, 0.4) is 0 Å². The van der Waals surface area contributed by atoms with E-state index in [-0.39, 0.29) is 34.3 Å². The molecule has 6 heteroatoms. The van der Waals surface area contributed by atoms with Crippen LogP contribution in [0.15, 0.2) is 23.1 Å². The van der Waals surface area contributed by atoms with E-state index in [1.807, 2.05) is 0 Å². The molecule has 0 radical (unpaired) electrons. The van der Waals surface area contributed by atoms with E-state index in [0.29, 0.717) is 5.92 Å². The molecule has 0 aliphatic heterocycles. The van der Waals surface area contributed by atoms with Gasteiger partial charge in [-0.15, -0.1) is 0 Å². The predicted octanol–water partition coefficient (Wildman–Crippen LogP) is 7.07. The molecule has 2 nitrogen and oxygen atoms in total. The number of hydrogen-bond acceptors (Lipinski definition) is 3. The Morgan fingerprint density at radius 1 is 1.07 bits per heavy atom. The molecule has 28 heavy (non-hydrogen) atoms. The number of carbonyl (C=O) groups excluding carboxylic acids is 1. The third-order valence-corrected chi connectivity index (χ3v) is 7.34. The maximum Gasteiger partial charge on any atom is 0.314 e. The Morgan fingerprint density at radius 3 is 2.21 bits per heavy atom. The summed E-state index contributed by atoms with van der Waals surface area (Å²) >= 11 is 0.147. The van der Waals surface area contributed by atoms with Gasteiger partial charge < -0.3 is 4.74 Å². The number of hydrogen-bond donors (Lipinski definition) is 0. The Hall–Kier alpha value is -1.17. The summed E-state index contributed by atoms with van der Waals surface area (Å²) in [5.41, 5.74) is 0. The van der Waals surface area contributed by atoms with Gasteiger partial charge in [0.2, 0.25) is 0 Å². The third kappa shape index (κ3) is 5.68. The molecule has 156 valence electrons. The second-order valence-corrected chi connectivity index (χ2v) is 9.22. The Labute approximate surface area is 169 Å². The first-order chi connectivity index (χ1) is 13.5. The van der Waals surface area contributed by atoms with E-state index in [0.717, 1.165) is 43.6 Å². The second kappa shape index (κ2) is 10.0. The average molecular weight is 415 g/mol. The molecular weight excluding hydrogens is 385 g/mol. The molecule has 2 aliphatic carbocycles. The largest absolute Gasteiger partial charge is 0.426 e. The maximum absolute atomic E-state index is 13.9. The standard InChI is InChI=1S/C22H29F3O2S/c1-2-14-3-5-15(6-4-14)16-7-9-17(10-8-16)21(26)27-18-11-12-20(19(23)13-18)28-22(24)25/h11-17,22H,2-10H2,1H3/t14-,15-,16-,17-. The lowest BCUT2D eigenvalue weighted by Gasteiger charge is -2.37. The van der Waals surface area contributed by atoms with Gasteiger partial charge in [0.05, 0.1) is 5.92 Å². The van der Waals surface area contributed by atoms with Crippen LogP contribution >= 0.6 is 11.8 Å². The first-order valence-corrected chi connectivity index (χ1v) is 11.3. The van der Waals surface area contributed by atoms with E-state index >= 15 is 0 Å². The molecule has 1 aromatic rings. The summed E-state index contributed by atoms with van der Waals surface area (Å²) in [6.07, 6.45) is 10.4. The van der Waals surface area contributed by atoms with Crippen LogP contribution in [0.5, 0.6) is 5.75 Å². The molecule has 0 bridgehead atoms. The fourth-order valence-electron chi connectivity index (χ4n) is 4.83. The first-order valence-electron chi connectivity index (χ1n) is 10.4. The van der Waals surface area contributed by atoms with Crippen molar-refractivity contribution >= 4 is 17.7 Å².